The first-order valence-corrected chi connectivity index (χ1v) is 17.8. The zero-order valence-corrected chi connectivity index (χ0v) is 28.4. The van der Waals surface area contributed by atoms with Gasteiger partial charge in [0.05, 0.1) is 5.69 Å². The molecule has 0 amide bonds. The summed E-state index contributed by atoms with van der Waals surface area (Å²) in [6.07, 6.45) is 0. The topological polar surface area (TPSA) is 16.4 Å². The maximum absolute atomic E-state index is 6.47. The lowest BCUT2D eigenvalue weighted by atomic mass is 9.95. The van der Waals surface area contributed by atoms with Crippen LogP contribution in [0.2, 0.25) is 0 Å². The Morgan fingerprint density at radius 2 is 0.827 bits per heavy atom. The van der Waals surface area contributed by atoms with Gasteiger partial charge >= 0.3 is 0 Å². The summed E-state index contributed by atoms with van der Waals surface area (Å²) in [7, 11) is 0. The summed E-state index contributed by atoms with van der Waals surface area (Å²) in [4.78, 5) is 2.36. The van der Waals surface area contributed by atoms with E-state index < -0.39 is 0 Å². The Kier molecular flexibility index (Phi) is 7.18. The lowest BCUT2D eigenvalue weighted by Crippen LogP contribution is -2.10. The molecule has 0 atom stereocenters. The van der Waals surface area contributed by atoms with Crippen LogP contribution in [-0.4, -0.2) is 0 Å². The van der Waals surface area contributed by atoms with Crippen molar-refractivity contribution < 1.29 is 4.42 Å². The largest absolute Gasteiger partial charge is 0.456 e. The third-order valence-corrected chi connectivity index (χ3v) is 10.3. The van der Waals surface area contributed by atoms with E-state index in [1.807, 2.05) is 0 Å². The van der Waals surface area contributed by atoms with Crippen molar-refractivity contribution in [1.29, 1.82) is 0 Å². The first kappa shape index (κ1) is 30.0. The van der Waals surface area contributed by atoms with Gasteiger partial charge in [-0.1, -0.05) is 146 Å². The van der Waals surface area contributed by atoms with E-state index in [4.69, 9.17) is 4.42 Å². The summed E-state index contributed by atoms with van der Waals surface area (Å²) >= 11 is 0. The molecule has 10 aromatic rings. The van der Waals surface area contributed by atoms with Gasteiger partial charge in [-0.25, -0.2) is 0 Å². The van der Waals surface area contributed by atoms with E-state index in [1.165, 1.54) is 49.4 Å². The monoisotopic (exact) mass is 663 g/mol. The van der Waals surface area contributed by atoms with Gasteiger partial charge in [-0.3, -0.25) is 0 Å². The lowest BCUT2D eigenvalue weighted by molar-refractivity contribution is 0.669. The maximum atomic E-state index is 6.47. The highest BCUT2D eigenvalue weighted by Gasteiger charge is 2.18. The molecule has 0 saturated heterocycles. The van der Waals surface area contributed by atoms with Gasteiger partial charge in [-0.2, -0.15) is 0 Å². The van der Waals surface area contributed by atoms with Gasteiger partial charge in [-0.05, 0) is 104 Å². The molecule has 0 unspecified atom stereocenters. The van der Waals surface area contributed by atoms with Crippen molar-refractivity contribution >= 4 is 60.5 Å². The first-order chi connectivity index (χ1) is 25.8. The molecule has 0 bridgehead atoms. The van der Waals surface area contributed by atoms with E-state index in [-0.39, 0.29) is 0 Å². The van der Waals surface area contributed by atoms with Crippen LogP contribution >= 0.6 is 0 Å². The zero-order valence-electron chi connectivity index (χ0n) is 28.4. The van der Waals surface area contributed by atoms with Gasteiger partial charge in [0.1, 0.15) is 11.2 Å². The van der Waals surface area contributed by atoms with Crippen molar-refractivity contribution in [1.82, 2.24) is 0 Å². The van der Waals surface area contributed by atoms with Gasteiger partial charge in [-0.15, -0.1) is 0 Å². The Morgan fingerprint density at radius 3 is 1.54 bits per heavy atom. The van der Waals surface area contributed by atoms with Crippen LogP contribution in [0.1, 0.15) is 0 Å². The third kappa shape index (κ3) is 5.21. The molecule has 0 fully saturated rings. The van der Waals surface area contributed by atoms with Gasteiger partial charge in [0.15, 0.2) is 0 Å². The van der Waals surface area contributed by atoms with E-state index in [1.54, 1.807) is 0 Å². The van der Waals surface area contributed by atoms with Gasteiger partial charge in [0.25, 0.3) is 0 Å². The molecule has 1 aromatic heterocycles. The molecular weight excluding hydrogens is 631 g/mol. The van der Waals surface area contributed by atoms with Crippen LogP contribution in [0.3, 0.4) is 0 Å². The molecule has 0 spiro atoms. The highest BCUT2D eigenvalue weighted by atomic mass is 16.3. The minimum absolute atomic E-state index is 0.900. The van der Waals surface area contributed by atoms with Crippen molar-refractivity contribution in [2.24, 2.45) is 0 Å². The molecule has 2 heteroatoms. The third-order valence-electron chi connectivity index (χ3n) is 10.3. The summed E-state index contributed by atoms with van der Waals surface area (Å²) in [6, 6.07) is 71.6. The van der Waals surface area contributed by atoms with E-state index in [2.05, 4.69) is 205 Å². The molecule has 0 radical (unpaired) electrons. The van der Waals surface area contributed by atoms with Crippen LogP contribution in [0, 0.1) is 0 Å². The minimum Gasteiger partial charge on any atom is -0.456 e. The van der Waals surface area contributed by atoms with Gasteiger partial charge in [0, 0.05) is 27.5 Å². The number of para-hydroxylation sites is 1. The Morgan fingerprint density at radius 1 is 0.308 bits per heavy atom. The number of anilines is 3. The quantitative estimate of drug-likeness (QED) is 0.176. The Balaban J connectivity index is 1.05. The second-order valence-electron chi connectivity index (χ2n) is 13.3. The average Bonchev–Trinajstić information content (AvgIpc) is 3.57. The number of rotatable bonds is 6. The fraction of sp³-hybridized carbons (Fsp3) is 0. The summed E-state index contributed by atoms with van der Waals surface area (Å²) < 4.78 is 6.47. The van der Waals surface area contributed by atoms with Crippen LogP contribution in [0.15, 0.2) is 205 Å². The van der Waals surface area contributed by atoms with Crippen LogP contribution < -0.4 is 4.90 Å². The van der Waals surface area contributed by atoms with Crippen molar-refractivity contribution in [3.63, 3.8) is 0 Å². The highest BCUT2D eigenvalue weighted by Crippen LogP contribution is 2.43. The maximum Gasteiger partial charge on any atom is 0.136 e. The molecule has 0 aliphatic carbocycles. The zero-order chi connectivity index (χ0) is 34.4. The molecule has 244 valence electrons. The summed E-state index contributed by atoms with van der Waals surface area (Å²) in [6.45, 7) is 0. The number of fused-ring (bicyclic) bond motifs is 5. The summed E-state index contributed by atoms with van der Waals surface area (Å²) in [5.41, 5.74) is 12.3. The number of hydrogen-bond donors (Lipinski definition) is 0. The van der Waals surface area contributed by atoms with E-state index in [0.29, 0.717) is 0 Å². The standard InChI is InChI=1S/C50H33NO/c1-3-11-34(12-4-1)35-19-21-36(22-20-35)37-23-26-42(27-24-37)51(41-15-5-2-6-16-41)48-30-29-43(44-17-9-10-18-45(44)48)40-25-28-46-47-31-38-13-7-8-14-39(38)32-50(47)52-49(46)33-40/h1-33H. The van der Waals surface area contributed by atoms with E-state index in [9.17, 15) is 0 Å². The predicted molar refractivity (Wildman–Crippen MR) is 220 cm³/mol. The van der Waals surface area contributed by atoms with Crippen molar-refractivity contribution in [2.45, 2.75) is 0 Å². The number of nitrogens with zero attached hydrogens (tertiary/aromatic N) is 1. The second-order valence-corrected chi connectivity index (χ2v) is 13.3. The van der Waals surface area contributed by atoms with Gasteiger partial charge < -0.3 is 9.32 Å². The number of hydrogen-bond acceptors (Lipinski definition) is 2. The minimum atomic E-state index is 0.900. The summed E-state index contributed by atoms with van der Waals surface area (Å²) in [5.74, 6) is 0. The molecule has 0 aliphatic heterocycles. The second kappa shape index (κ2) is 12.5. The fourth-order valence-corrected chi connectivity index (χ4v) is 7.65. The van der Waals surface area contributed by atoms with E-state index in [0.717, 1.165) is 44.6 Å². The Hall–Kier alpha value is -6.90. The van der Waals surface area contributed by atoms with Crippen molar-refractivity contribution in [3.8, 4) is 33.4 Å². The first-order valence-electron chi connectivity index (χ1n) is 17.8. The van der Waals surface area contributed by atoms with Crippen LogP contribution in [0.5, 0.6) is 0 Å². The molecule has 0 N–H and O–H groups in total. The smallest absolute Gasteiger partial charge is 0.136 e. The Labute approximate surface area is 302 Å². The molecular formula is C50H33NO. The SMILES string of the molecule is c1ccc(-c2ccc(-c3ccc(N(c4ccccc4)c4ccc(-c5ccc6c(c5)oc5cc7ccccc7cc56)c5ccccc45)cc3)cc2)cc1. The number of furan rings is 1. The predicted octanol–water partition coefficient (Wildman–Crippen LogP) is 14.4. The fourth-order valence-electron chi connectivity index (χ4n) is 7.65. The van der Waals surface area contributed by atoms with Crippen molar-refractivity contribution in [3.05, 3.63) is 200 Å². The van der Waals surface area contributed by atoms with Crippen LogP contribution in [-0.2, 0) is 0 Å². The lowest BCUT2D eigenvalue weighted by Gasteiger charge is -2.27. The van der Waals surface area contributed by atoms with Crippen LogP contribution in [0.25, 0.3) is 76.9 Å². The number of benzene rings is 9. The molecule has 1 heterocycles. The van der Waals surface area contributed by atoms with Gasteiger partial charge in [0.2, 0.25) is 0 Å². The normalized spacial score (nSPS) is 11.5. The van der Waals surface area contributed by atoms with Crippen molar-refractivity contribution in [2.75, 3.05) is 4.90 Å². The average molecular weight is 664 g/mol. The Bertz CT molecular complexity index is 2870. The molecule has 52 heavy (non-hydrogen) atoms. The van der Waals surface area contributed by atoms with Crippen LogP contribution in [0.4, 0.5) is 17.1 Å². The molecule has 10 rings (SSSR count). The molecule has 9 aromatic carbocycles. The van der Waals surface area contributed by atoms with E-state index >= 15 is 0 Å². The molecule has 2 nitrogen and oxygen atoms in total. The molecule has 0 saturated carbocycles. The summed E-state index contributed by atoms with van der Waals surface area (Å²) in [5, 5.41) is 7.06. The highest BCUT2D eigenvalue weighted by molar-refractivity contribution is 6.12. The molecule has 0 aliphatic rings.